The van der Waals surface area contributed by atoms with E-state index in [9.17, 15) is 22.3 Å². The highest BCUT2D eigenvalue weighted by atomic mass is 35.5. The molecule has 0 unspecified atom stereocenters. The zero-order valence-corrected chi connectivity index (χ0v) is 14.1. The molecule has 0 bridgehead atoms. The zero-order chi connectivity index (χ0) is 18.2. The van der Waals surface area contributed by atoms with Crippen LogP contribution in [0.3, 0.4) is 0 Å². The molecule has 130 valence electrons. The third kappa shape index (κ3) is 5.51. The number of thiocarbonyl (C=S) groups is 1. The van der Waals surface area contributed by atoms with Crippen molar-refractivity contribution in [1.82, 2.24) is 0 Å². The van der Waals surface area contributed by atoms with E-state index >= 15 is 0 Å². The van der Waals surface area contributed by atoms with E-state index in [2.05, 4.69) is 12.2 Å². The Kier molecular flexibility index (Phi) is 6.05. The summed E-state index contributed by atoms with van der Waals surface area (Å²) in [7, 11) is -10.7. The number of benzene rings is 1. The normalized spacial score (nSPS) is 13.3. The first-order valence-corrected chi connectivity index (χ1v) is 9.57. The first-order chi connectivity index (χ1) is 10.1. The molecule has 0 radical (unpaired) electrons. The number of hydrogen-bond acceptors (Lipinski definition) is 3. The fourth-order valence-corrected chi connectivity index (χ4v) is 5.00. The molecular weight excluding hydrogens is 405 g/mol. The van der Waals surface area contributed by atoms with Crippen LogP contribution in [-0.2, 0) is 15.3 Å². The van der Waals surface area contributed by atoms with Gasteiger partial charge in [0.15, 0.2) is 0 Å². The summed E-state index contributed by atoms with van der Waals surface area (Å²) < 4.78 is 60.5. The molecule has 23 heavy (non-hydrogen) atoms. The smallest absolute Gasteiger partial charge is 0.349 e. The Hall–Kier alpha value is -0.510. The number of anilines is 1. The van der Waals surface area contributed by atoms with E-state index in [1.807, 2.05) is 5.32 Å². The van der Waals surface area contributed by atoms with Gasteiger partial charge in [-0.3, -0.25) is 9.13 Å². The molecule has 0 amide bonds. The average molecular weight is 414 g/mol. The summed E-state index contributed by atoms with van der Waals surface area (Å²) in [4.78, 5) is 34.9. The van der Waals surface area contributed by atoms with E-state index in [0.717, 1.165) is 12.1 Å². The molecule has 1 aromatic carbocycles. The molecule has 7 nitrogen and oxygen atoms in total. The molecule has 0 saturated carbocycles. The maximum atomic E-state index is 12.7. The minimum atomic E-state index is -5.36. The molecule has 0 saturated heterocycles. The minimum Gasteiger partial charge on any atom is -0.349 e. The van der Waals surface area contributed by atoms with E-state index in [4.69, 9.17) is 31.2 Å². The molecule has 0 fully saturated rings. The van der Waals surface area contributed by atoms with Crippen LogP contribution < -0.4 is 5.32 Å². The highest BCUT2D eigenvalue weighted by molar-refractivity contribution is 7.85. The van der Waals surface area contributed by atoms with Gasteiger partial charge < -0.3 is 24.9 Å². The number of hydrogen-bond donors (Lipinski definition) is 5. The van der Waals surface area contributed by atoms with Crippen LogP contribution in [0.2, 0.25) is 5.02 Å². The van der Waals surface area contributed by atoms with Crippen molar-refractivity contribution in [2.45, 2.75) is 11.6 Å². The van der Waals surface area contributed by atoms with Crippen molar-refractivity contribution in [3.63, 3.8) is 0 Å². The molecule has 0 aliphatic rings. The topological polar surface area (TPSA) is 127 Å². The maximum Gasteiger partial charge on any atom is 0.417 e. The monoisotopic (exact) mass is 413 g/mol. The first kappa shape index (κ1) is 20.5. The van der Waals surface area contributed by atoms with Crippen molar-refractivity contribution in [1.29, 1.82) is 0 Å². The van der Waals surface area contributed by atoms with Crippen molar-refractivity contribution < 1.29 is 41.9 Å². The summed E-state index contributed by atoms with van der Waals surface area (Å²) >= 11 is 9.91. The highest BCUT2D eigenvalue weighted by Crippen LogP contribution is 2.60. The van der Waals surface area contributed by atoms with Gasteiger partial charge in [-0.2, -0.15) is 13.2 Å². The van der Waals surface area contributed by atoms with Gasteiger partial charge in [0.25, 0.3) is 0 Å². The molecule has 0 spiro atoms. The van der Waals surface area contributed by atoms with Crippen molar-refractivity contribution in [2.24, 2.45) is 0 Å². The van der Waals surface area contributed by atoms with Gasteiger partial charge in [0.1, 0.15) is 4.99 Å². The van der Waals surface area contributed by atoms with Gasteiger partial charge >= 0.3 is 21.4 Å². The summed E-state index contributed by atoms with van der Waals surface area (Å²) in [5.74, 6) is 0. The van der Waals surface area contributed by atoms with Crippen LogP contribution in [-0.4, -0.2) is 30.0 Å². The molecule has 1 rings (SSSR count). The van der Waals surface area contributed by atoms with Gasteiger partial charge in [-0.1, -0.05) is 23.8 Å². The van der Waals surface area contributed by atoms with Crippen LogP contribution in [0.15, 0.2) is 18.2 Å². The van der Waals surface area contributed by atoms with E-state index in [0.29, 0.717) is 6.07 Å². The number of halogens is 4. The van der Waals surface area contributed by atoms with Crippen LogP contribution >= 0.6 is 39.0 Å². The average Bonchev–Trinajstić information content (AvgIpc) is 2.25. The minimum absolute atomic E-state index is 0.390. The SMILES string of the molecule is O=P(O)(O)C(C(=S)Nc1ccc(Cl)c(C(F)(F)F)c1)P(=O)(O)O. The number of nitrogens with one attached hydrogen (secondary N) is 1. The van der Waals surface area contributed by atoms with Crippen molar-refractivity contribution in [2.75, 3.05) is 5.32 Å². The Morgan fingerprint density at radius 2 is 1.65 bits per heavy atom. The fraction of sp³-hybridized carbons (Fsp3) is 0.222. The largest absolute Gasteiger partial charge is 0.417 e. The lowest BCUT2D eigenvalue weighted by Crippen LogP contribution is -2.26. The summed E-state index contributed by atoms with van der Waals surface area (Å²) in [6.45, 7) is 0. The summed E-state index contributed by atoms with van der Waals surface area (Å²) in [5, 5.41) is -1.32. The predicted octanol–water partition coefficient (Wildman–Crippen LogP) is 2.78. The van der Waals surface area contributed by atoms with Gasteiger partial charge in [-0.25, -0.2) is 0 Å². The second kappa shape index (κ2) is 6.78. The molecule has 0 aliphatic carbocycles. The summed E-state index contributed by atoms with van der Waals surface area (Å²) in [5.41, 5.74) is -1.64. The summed E-state index contributed by atoms with van der Waals surface area (Å²) in [6.07, 6.45) is -4.80. The number of alkyl halides is 3. The van der Waals surface area contributed by atoms with E-state index in [1.54, 1.807) is 0 Å². The van der Waals surface area contributed by atoms with E-state index < -0.39 is 48.0 Å². The molecular formula is C9H9ClF3NO6P2S. The quantitative estimate of drug-likeness (QED) is 0.377. The van der Waals surface area contributed by atoms with Gasteiger partial charge in [-0.05, 0) is 18.2 Å². The third-order valence-corrected chi connectivity index (χ3v) is 7.02. The van der Waals surface area contributed by atoms with Crippen LogP contribution in [0.25, 0.3) is 0 Å². The van der Waals surface area contributed by atoms with Crippen molar-refractivity contribution in [3.05, 3.63) is 28.8 Å². The highest BCUT2D eigenvalue weighted by Gasteiger charge is 2.47. The molecule has 5 N–H and O–H groups in total. The molecule has 1 aromatic rings. The van der Waals surface area contributed by atoms with Crippen molar-refractivity contribution >= 4 is 49.7 Å². The second-order valence-corrected chi connectivity index (χ2v) is 8.88. The Morgan fingerprint density at radius 3 is 2.04 bits per heavy atom. The molecule has 0 aromatic heterocycles. The Bertz CT molecular complexity index is 696. The molecule has 0 atom stereocenters. The lowest BCUT2D eigenvalue weighted by molar-refractivity contribution is -0.137. The molecule has 0 aliphatic heterocycles. The van der Waals surface area contributed by atoms with Gasteiger partial charge in [-0.15, -0.1) is 0 Å². The maximum absolute atomic E-state index is 12.7. The Balaban J connectivity index is 3.20. The third-order valence-electron chi connectivity index (χ3n) is 2.41. The lowest BCUT2D eigenvalue weighted by atomic mass is 10.2. The van der Waals surface area contributed by atoms with Crippen LogP contribution in [0.1, 0.15) is 5.56 Å². The van der Waals surface area contributed by atoms with Crippen LogP contribution in [0.4, 0.5) is 18.9 Å². The molecule has 0 heterocycles. The van der Waals surface area contributed by atoms with Crippen LogP contribution in [0.5, 0.6) is 0 Å². The second-order valence-electron chi connectivity index (χ2n) is 4.23. The summed E-state index contributed by atoms with van der Waals surface area (Å²) in [6, 6.07) is 2.34. The van der Waals surface area contributed by atoms with E-state index in [-0.39, 0.29) is 0 Å². The zero-order valence-electron chi connectivity index (χ0n) is 10.7. The predicted molar refractivity (Wildman–Crippen MR) is 80.6 cm³/mol. The van der Waals surface area contributed by atoms with Gasteiger partial charge in [0, 0.05) is 5.69 Å². The first-order valence-electron chi connectivity index (χ1n) is 5.42. The van der Waals surface area contributed by atoms with Gasteiger partial charge in [0.05, 0.1) is 10.6 Å². The van der Waals surface area contributed by atoms with Crippen molar-refractivity contribution in [3.8, 4) is 0 Å². The van der Waals surface area contributed by atoms with Gasteiger partial charge in [0.2, 0.25) is 5.40 Å². The Labute approximate surface area is 137 Å². The fourth-order valence-electron chi connectivity index (χ4n) is 1.53. The standard InChI is InChI=1S/C9H9ClF3NO6P2S/c10-6-2-1-4(3-5(6)9(11,12)13)14-7(23)8(21(15,16)17)22(18,19)20/h1-3,8H,(H,14,23)(H2,15,16,17)(H2,18,19,20). The number of rotatable bonds is 4. The Morgan fingerprint density at radius 1 is 1.17 bits per heavy atom. The van der Waals surface area contributed by atoms with Crippen LogP contribution in [0, 0.1) is 0 Å². The van der Waals surface area contributed by atoms with E-state index in [1.165, 1.54) is 0 Å². The lowest BCUT2D eigenvalue weighted by Gasteiger charge is -2.21. The molecule has 14 heteroatoms.